The number of rotatable bonds is 6. The van der Waals surface area contributed by atoms with Crippen molar-refractivity contribution in [2.24, 2.45) is 0 Å². The van der Waals surface area contributed by atoms with E-state index in [-0.39, 0.29) is 24.0 Å². The number of anilines is 3. The molecular formula is C22H21BrN4O4. The molecule has 3 aromatic rings. The maximum Gasteiger partial charge on any atom is 0.291 e. The summed E-state index contributed by atoms with van der Waals surface area (Å²) in [4.78, 5) is 31.3. The van der Waals surface area contributed by atoms with Crippen molar-refractivity contribution in [3.8, 4) is 0 Å². The fourth-order valence-corrected chi connectivity index (χ4v) is 3.54. The zero-order valence-corrected chi connectivity index (χ0v) is 18.2. The van der Waals surface area contributed by atoms with E-state index in [2.05, 4.69) is 36.4 Å². The molecule has 1 aromatic carbocycles. The van der Waals surface area contributed by atoms with Gasteiger partial charge in [-0.15, -0.1) is 0 Å². The van der Waals surface area contributed by atoms with Crippen LogP contribution in [0, 0.1) is 0 Å². The zero-order chi connectivity index (χ0) is 21.6. The molecular weight excluding hydrogens is 464 g/mol. The average Bonchev–Trinajstić information content (AvgIpc) is 3.22. The molecule has 1 aliphatic rings. The second kappa shape index (κ2) is 9.76. The minimum absolute atomic E-state index is 0.139. The Labute approximate surface area is 187 Å². The summed E-state index contributed by atoms with van der Waals surface area (Å²) in [7, 11) is 0. The van der Waals surface area contributed by atoms with Gasteiger partial charge in [0.15, 0.2) is 16.2 Å². The first-order valence-corrected chi connectivity index (χ1v) is 10.6. The number of benzene rings is 1. The Morgan fingerprint density at radius 3 is 2.52 bits per heavy atom. The van der Waals surface area contributed by atoms with Gasteiger partial charge >= 0.3 is 0 Å². The summed E-state index contributed by atoms with van der Waals surface area (Å²) in [5, 5.41) is 5.71. The molecule has 0 spiro atoms. The van der Waals surface area contributed by atoms with Crippen LogP contribution in [-0.2, 0) is 16.0 Å². The van der Waals surface area contributed by atoms with E-state index in [4.69, 9.17) is 9.15 Å². The lowest BCUT2D eigenvalue weighted by Gasteiger charge is -2.29. The third kappa shape index (κ3) is 5.50. The van der Waals surface area contributed by atoms with Crippen LogP contribution in [0.25, 0.3) is 0 Å². The fourth-order valence-electron chi connectivity index (χ4n) is 3.24. The number of hydrogen-bond donors (Lipinski definition) is 2. The van der Waals surface area contributed by atoms with Gasteiger partial charge in [-0.1, -0.05) is 12.1 Å². The molecule has 0 bridgehead atoms. The Morgan fingerprint density at radius 2 is 1.81 bits per heavy atom. The highest BCUT2D eigenvalue weighted by atomic mass is 79.9. The highest BCUT2D eigenvalue weighted by Gasteiger charge is 2.17. The summed E-state index contributed by atoms with van der Waals surface area (Å²) in [6.07, 6.45) is 1.92. The Balaban J connectivity index is 1.35. The third-order valence-electron chi connectivity index (χ3n) is 4.74. The highest BCUT2D eigenvalue weighted by Crippen LogP contribution is 2.24. The lowest BCUT2D eigenvalue weighted by Crippen LogP contribution is -2.37. The van der Waals surface area contributed by atoms with E-state index < -0.39 is 0 Å². The molecule has 0 atom stereocenters. The number of nitrogens with zero attached hydrogens (tertiary/aromatic N) is 2. The molecule has 1 fully saturated rings. The number of pyridine rings is 1. The van der Waals surface area contributed by atoms with E-state index in [1.54, 1.807) is 48.7 Å². The second-order valence-corrected chi connectivity index (χ2v) is 7.74. The molecule has 0 unspecified atom stereocenters. The summed E-state index contributed by atoms with van der Waals surface area (Å²) >= 11 is 3.17. The third-order valence-corrected chi connectivity index (χ3v) is 5.17. The fraction of sp³-hybridized carbons (Fsp3) is 0.227. The van der Waals surface area contributed by atoms with Gasteiger partial charge < -0.3 is 24.7 Å². The van der Waals surface area contributed by atoms with E-state index in [0.29, 0.717) is 29.3 Å². The van der Waals surface area contributed by atoms with Gasteiger partial charge in [0.05, 0.1) is 25.3 Å². The number of halogens is 1. The summed E-state index contributed by atoms with van der Waals surface area (Å²) in [6.45, 7) is 2.76. The first-order chi connectivity index (χ1) is 15.1. The van der Waals surface area contributed by atoms with Crippen LogP contribution in [0.15, 0.2) is 63.8 Å². The van der Waals surface area contributed by atoms with Gasteiger partial charge in [0.1, 0.15) is 0 Å². The van der Waals surface area contributed by atoms with Crippen LogP contribution in [0.2, 0.25) is 0 Å². The van der Waals surface area contributed by atoms with E-state index in [0.717, 1.165) is 24.5 Å². The Bertz CT molecular complexity index is 1060. The first kappa shape index (κ1) is 21.1. The molecule has 160 valence electrons. The molecule has 4 rings (SSSR count). The van der Waals surface area contributed by atoms with Crippen LogP contribution >= 0.6 is 15.9 Å². The Morgan fingerprint density at radius 1 is 1.03 bits per heavy atom. The molecule has 2 aromatic heterocycles. The van der Waals surface area contributed by atoms with Gasteiger partial charge in [-0.2, -0.15) is 0 Å². The van der Waals surface area contributed by atoms with Crippen molar-refractivity contribution in [3.05, 3.63) is 70.7 Å². The lowest BCUT2D eigenvalue weighted by atomic mass is 10.1. The van der Waals surface area contributed by atoms with Crippen molar-refractivity contribution in [2.75, 3.05) is 41.8 Å². The molecule has 1 saturated heterocycles. The summed E-state index contributed by atoms with van der Waals surface area (Å²) in [5.41, 5.74) is 2.12. The van der Waals surface area contributed by atoms with Crippen molar-refractivity contribution >= 4 is 44.9 Å². The van der Waals surface area contributed by atoms with Crippen LogP contribution in [-0.4, -0.2) is 43.1 Å². The molecule has 8 nitrogen and oxygen atoms in total. The minimum Gasteiger partial charge on any atom is -0.444 e. The van der Waals surface area contributed by atoms with Crippen molar-refractivity contribution in [1.29, 1.82) is 0 Å². The molecule has 31 heavy (non-hydrogen) atoms. The number of ether oxygens (including phenoxy) is 1. The highest BCUT2D eigenvalue weighted by molar-refractivity contribution is 9.10. The molecule has 0 radical (unpaired) electrons. The smallest absolute Gasteiger partial charge is 0.291 e. The predicted octanol–water partition coefficient (Wildman–Crippen LogP) is 3.71. The normalized spacial score (nSPS) is 13.6. The minimum atomic E-state index is -0.344. The van der Waals surface area contributed by atoms with Crippen molar-refractivity contribution in [2.45, 2.75) is 6.42 Å². The van der Waals surface area contributed by atoms with Gasteiger partial charge in [-0.05, 0) is 57.9 Å². The topological polar surface area (TPSA) is 96.7 Å². The van der Waals surface area contributed by atoms with E-state index in [1.807, 2.05) is 6.07 Å². The lowest BCUT2D eigenvalue weighted by molar-refractivity contribution is -0.115. The van der Waals surface area contributed by atoms with Crippen LogP contribution in [0.5, 0.6) is 0 Å². The maximum atomic E-state index is 12.6. The number of aromatic nitrogens is 1. The molecule has 9 heteroatoms. The van der Waals surface area contributed by atoms with Crippen molar-refractivity contribution in [1.82, 2.24) is 4.98 Å². The molecule has 1 aliphatic heterocycles. The van der Waals surface area contributed by atoms with Gasteiger partial charge in [0.25, 0.3) is 5.91 Å². The number of amides is 2. The van der Waals surface area contributed by atoms with E-state index >= 15 is 0 Å². The Kier molecular flexibility index (Phi) is 6.63. The molecule has 2 N–H and O–H groups in total. The quantitative estimate of drug-likeness (QED) is 0.553. The number of nitrogens with one attached hydrogen (secondary N) is 2. The number of carbonyl (C=O) groups excluding carboxylic acids is 2. The zero-order valence-electron chi connectivity index (χ0n) is 16.6. The van der Waals surface area contributed by atoms with Gasteiger partial charge in [-0.25, -0.2) is 4.98 Å². The van der Waals surface area contributed by atoms with Crippen LogP contribution in [0.4, 0.5) is 17.2 Å². The molecule has 0 saturated carbocycles. The largest absolute Gasteiger partial charge is 0.444 e. The van der Waals surface area contributed by atoms with Gasteiger partial charge in [0.2, 0.25) is 5.91 Å². The Hall–Kier alpha value is -3.17. The maximum absolute atomic E-state index is 12.6. The summed E-state index contributed by atoms with van der Waals surface area (Å²) in [6, 6.07) is 14.0. The summed E-state index contributed by atoms with van der Waals surface area (Å²) in [5.74, 6) is 0.479. The number of furan rings is 1. The van der Waals surface area contributed by atoms with Crippen LogP contribution in [0.3, 0.4) is 0 Å². The SMILES string of the molecule is O=C(Cc1ccc(NC(=O)c2ccc(Br)o2)cc1)Nc1cccnc1N1CCOCC1. The second-order valence-electron chi connectivity index (χ2n) is 6.95. The summed E-state index contributed by atoms with van der Waals surface area (Å²) < 4.78 is 11.1. The first-order valence-electron chi connectivity index (χ1n) is 9.82. The average molecular weight is 485 g/mol. The van der Waals surface area contributed by atoms with Crippen LogP contribution < -0.4 is 15.5 Å². The predicted molar refractivity (Wildman–Crippen MR) is 120 cm³/mol. The van der Waals surface area contributed by atoms with Gasteiger partial charge in [0, 0.05) is 25.0 Å². The number of hydrogen-bond acceptors (Lipinski definition) is 6. The molecule has 0 aliphatic carbocycles. The number of morpholine rings is 1. The van der Waals surface area contributed by atoms with Crippen molar-refractivity contribution in [3.63, 3.8) is 0 Å². The van der Waals surface area contributed by atoms with Gasteiger partial charge in [-0.3, -0.25) is 9.59 Å². The number of carbonyl (C=O) groups is 2. The van der Waals surface area contributed by atoms with Crippen molar-refractivity contribution < 1.29 is 18.7 Å². The van der Waals surface area contributed by atoms with Crippen LogP contribution in [0.1, 0.15) is 16.1 Å². The van der Waals surface area contributed by atoms with E-state index in [9.17, 15) is 9.59 Å². The standard InChI is InChI=1S/C22H21BrN4O4/c23-19-8-7-18(31-19)22(29)25-16-5-3-15(4-6-16)14-20(28)26-17-2-1-9-24-21(17)27-10-12-30-13-11-27/h1-9H,10-14H2,(H,25,29)(H,26,28). The molecule has 2 amide bonds. The molecule has 3 heterocycles. The van der Waals surface area contributed by atoms with E-state index in [1.165, 1.54) is 0 Å². The monoisotopic (exact) mass is 484 g/mol.